The molecule has 0 aliphatic carbocycles. The number of nitrogens with one attached hydrogen (secondary N) is 1. The molecule has 0 atom stereocenters. The monoisotopic (exact) mass is 280 g/mol. The highest BCUT2D eigenvalue weighted by atomic mass is 16.5. The highest BCUT2D eigenvalue weighted by molar-refractivity contribution is 5.99. The molecule has 6 nitrogen and oxygen atoms in total. The summed E-state index contributed by atoms with van der Waals surface area (Å²) in [4.78, 5) is 12.1. The summed E-state index contributed by atoms with van der Waals surface area (Å²) in [7, 11) is 1.48. The van der Waals surface area contributed by atoms with Crippen LogP contribution in [-0.2, 0) is 9.53 Å². The van der Waals surface area contributed by atoms with Gasteiger partial charge in [0.05, 0.1) is 24.6 Å². The Hall–Kier alpha value is -1.95. The van der Waals surface area contributed by atoms with E-state index in [1.54, 1.807) is 26.0 Å². The fourth-order valence-electron chi connectivity index (χ4n) is 1.70. The molecular weight excluding hydrogens is 260 g/mol. The average Bonchev–Trinajstić information content (AvgIpc) is 2.64. The van der Waals surface area contributed by atoms with Crippen molar-refractivity contribution in [3.8, 4) is 11.5 Å². The van der Waals surface area contributed by atoms with Crippen molar-refractivity contribution in [1.82, 2.24) is 0 Å². The molecule has 0 unspecified atom stereocenters. The number of amides is 1. The Labute approximate surface area is 118 Å². The third kappa shape index (κ3) is 2.96. The van der Waals surface area contributed by atoms with Gasteiger partial charge >= 0.3 is 0 Å². The first-order chi connectivity index (χ1) is 9.44. The third-order valence-corrected chi connectivity index (χ3v) is 3.23. The Morgan fingerprint density at radius 2 is 1.90 bits per heavy atom. The topological polar surface area (TPSA) is 82.8 Å². The summed E-state index contributed by atoms with van der Waals surface area (Å²) in [5, 5.41) is 2.75. The Morgan fingerprint density at radius 1 is 1.30 bits per heavy atom. The van der Waals surface area contributed by atoms with E-state index in [1.165, 1.54) is 7.11 Å². The molecule has 3 N–H and O–H groups in total. The van der Waals surface area contributed by atoms with Crippen LogP contribution in [0.4, 0.5) is 11.4 Å². The van der Waals surface area contributed by atoms with Gasteiger partial charge in [-0.2, -0.15) is 0 Å². The number of anilines is 2. The zero-order chi connectivity index (χ0) is 14.8. The SMILES string of the molecule is COC(C)(C)C(=O)Nc1cc2c(cc1N)OCCCO2. The standard InChI is InChI=1S/C14H20N2O4/c1-14(2,18-3)13(17)16-10-8-12-11(7-9(10)15)19-5-4-6-20-12/h7-8H,4-6,15H2,1-3H3,(H,16,17). The molecule has 0 saturated carbocycles. The van der Waals surface area contributed by atoms with Crippen LogP contribution in [0, 0.1) is 0 Å². The Balaban J connectivity index is 2.25. The summed E-state index contributed by atoms with van der Waals surface area (Å²) in [6, 6.07) is 3.34. The van der Waals surface area contributed by atoms with Gasteiger partial charge in [-0.1, -0.05) is 0 Å². The maximum atomic E-state index is 12.1. The fraction of sp³-hybridized carbons (Fsp3) is 0.500. The molecule has 1 amide bonds. The van der Waals surface area contributed by atoms with Crippen LogP contribution in [0.15, 0.2) is 12.1 Å². The number of hydrogen-bond donors (Lipinski definition) is 2. The van der Waals surface area contributed by atoms with Gasteiger partial charge in [0.25, 0.3) is 5.91 Å². The predicted molar refractivity (Wildman–Crippen MR) is 76.2 cm³/mol. The van der Waals surface area contributed by atoms with Gasteiger partial charge in [-0.05, 0) is 13.8 Å². The van der Waals surface area contributed by atoms with Gasteiger partial charge in [-0.3, -0.25) is 4.79 Å². The Morgan fingerprint density at radius 3 is 2.50 bits per heavy atom. The lowest BCUT2D eigenvalue weighted by Gasteiger charge is -2.22. The van der Waals surface area contributed by atoms with E-state index < -0.39 is 5.60 Å². The first-order valence-electron chi connectivity index (χ1n) is 6.50. The van der Waals surface area contributed by atoms with Crippen molar-refractivity contribution in [3.05, 3.63) is 12.1 Å². The summed E-state index contributed by atoms with van der Waals surface area (Å²) in [6.45, 7) is 4.53. The van der Waals surface area contributed by atoms with Gasteiger partial charge in [-0.15, -0.1) is 0 Å². The van der Waals surface area contributed by atoms with Gasteiger partial charge in [0, 0.05) is 25.7 Å². The average molecular weight is 280 g/mol. The van der Waals surface area contributed by atoms with Crippen LogP contribution >= 0.6 is 0 Å². The van der Waals surface area contributed by atoms with E-state index >= 15 is 0 Å². The lowest BCUT2D eigenvalue weighted by Crippen LogP contribution is -2.38. The highest BCUT2D eigenvalue weighted by Crippen LogP contribution is 2.36. The first kappa shape index (κ1) is 14.5. The van der Waals surface area contributed by atoms with Crippen LogP contribution in [0.2, 0.25) is 0 Å². The van der Waals surface area contributed by atoms with E-state index in [4.69, 9.17) is 19.9 Å². The van der Waals surface area contributed by atoms with E-state index in [-0.39, 0.29) is 5.91 Å². The number of nitrogen functional groups attached to an aromatic ring is 1. The first-order valence-corrected chi connectivity index (χ1v) is 6.50. The number of ether oxygens (including phenoxy) is 3. The molecule has 1 heterocycles. The summed E-state index contributed by atoms with van der Waals surface area (Å²) in [5.41, 5.74) is 5.92. The molecule has 0 radical (unpaired) electrons. The van der Waals surface area contributed by atoms with Gasteiger partial charge in [0.15, 0.2) is 11.5 Å². The van der Waals surface area contributed by atoms with Crippen molar-refractivity contribution in [1.29, 1.82) is 0 Å². The normalized spacial score (nSPS) is 14.6. The molecule has 20 heavy (non-hydrogen) atoms. The summed E-state index contributed by atoms with van der Waals surface area (Å²) < 4.78 is 16.2. The maximum absolute atomic E-state index is 12.1. The quantitative estimate of drug-likeness (QED) is 0.825. The van der Waals surface area contributed by atoms with Crippen LogP contribution in [0.5, 0.6) is 11.5 Å². The molecule has 0 fully saturated rings. The number of methoxy groups -OCH3 is 1. The van der Waals surface area contributed by atoms with Gasteiger partial charge in [0.1, 0.15) is 5.60 Å². The second-order valence-electron chi connectivity index (χ2n) is 5.11. The number of carbonyl (C=O) groups is 1. The summed E-state index contributed by atoms with van der Waals surface area (Å²) in [5.74, 6) is 0.910. The van der Waals surface area contributed by atoms with Gasteiger partial charge in [0.2, 0.25) is 0 Å². The van der Waals surface area contributed by atoms with E-state index in [0.29, 0.717) is 36.1 Å². The molecule has 110 valence electrons. The molecule has 0 saturated heterocycles. The van der Waals surface area contributed by atoms with Crippen LogP contribution in [-0.4, -0.2) is 31.8 Å². The highest BCUT2D eigenvalue weighted by Gasteiger charge is 2.28. The fourth-order valence-corrected chi connectivity index (χ4v) is 1.70. The molecule has 2 rings (SSSR count). The maximum Gasteiger partial charge on any atom is 0.256 e. The van der Waals surface area contributed by atoms with Crippen LogP contribution in [0.25, 0.3) is 0 Å². The van der Waals surface area contributed by atoms with Gasteiger partial charge < -0.3 is 25.3 Å². The summed E-state index contributed by atoms with van der Waals surface area (Å²) >= 11 is 0. The second-order valence-corrected chi connectivity index (χ2v) is 5.11. The smallest absolute Gasteiger partial charge is 0.256 e. The largest absolute Gasteiger partial charge is 0.489 e. The van der Waals surface area contributed by atoms with Crippen molar-refractivity contribution >= 4 is 17.3 Å². The van der Waals surface area contributed by atoms with Gasteiger partial charge in [-0.25, -0.2) is 0 Å². The van der Waals surface area contributed by atoms with Crippen molar-refractivity contribution in [3.63, 3.8) is 0 Å². The number of benzene rings is 1. The lowest BCUT2D eigenvalue weighted by atomic mass is 10.1. The molecule has 1 aliphatic rings. The summed E-state index contributed by atoms with van der Waals surface area (Å²) in [6.07, 6.45) is 0.812. The Bertz CT molecular complexity index is 514. The number of fused-ring (bicyclic) bond motifs is 1. The minimum absolute atomic E-state index is 0.277. The zero-order valence-electron chi connectivity index (χ0n) is 12.0. The van der Waals surface area contributed by atoms with Crippen LogP contribution < -0.4 is 20.5 Å². The molecule has 1 aromatic rings. The van der Waals surface area contributed by atoms with Crippen molar-refractivity contribution in [2.75, 3.05) is 31.4 Å². The number of carbonyl (C=O) groups excluding carboxylic acids is 1. The molecule has 1 aliphatic heterocycles. The molecule has 6 heteroatoms. The van der Waals surface area contributed by atoms with Crippen LogP contribution in [0.3, 0.4) is 0 Å². The minimum atomic E-state index is -0.934. The predicted octanol–water partition coefficient (Wildman–Crippen LogP) is 1.79. The lowest BCUT2D eigenvalue weighted by molar-refractivity contribution is -0.133. The third-order valence-electron chi connectivity index (χ3n) is 3.23. The Kier molecular flexibility index (Phi) is 4.04. The number of hydrogen-bond acceptors (Lipinski definition) is 5. The number of rotatable bonds is 3. The van der Waals surface area contributed by atoms with E-state index in [1.807, 2.05) is 0 Å². The zero-order valence-corrected chi connectivity index (χ0v) is 12.0. The minimum Gasteiger partial charge on any atom is -0.489 e. The van der Waals surface area contributed by atoms with Crippen molar-refractivity contribution in [2.45, 2.75) is 25.9 Å². The molecule has 0 bridgehead atoms. The van der Waals surface area contributed by atoms with Crippen molar-refractivity contribution < 1.29 is 19.0 Å². The number of nitrogens with two attached hydrogens (primary N) is 1. The van der Waals surface area contributed by atoms with Crippen molar-refractivity contribution in [2.24, 2.45) is 0 Å². The second kappa shape index (κ2) is 5.58. The molecule has 1 aromatic carbocycles. The molecule has 0 aromatic heterocycles. The molecular formula is C14H20N2O4. The van der Waals surface area contributed by atoms with E-state index in [2.05, 4.69) is 5.32 Å². The van der Waals surface area contributed by atoms with E-state index in [9.17, 15) is 4.79 Å². The van der Waals surface area contributed by atoms with Crippen LogP contribution in [0.1, 0.15) is 20.3 Å². The van der Waals surface area contributed by atoms with E-state index in [0.717, 1.165) is 6.42 Å². The molecule has 0 spiro atoms.